The Bertz CT molecular complexity index is 762. The van der Waals surface area contributed by atoms with Crippen molar-refractivity contribution in [1.82, 2.24) is 5.32 Å². The van der Waals surface area contributed by atoms with Crippen LogP contribution in [-0.2, 0) is 11.3 Å². The van der Waals surface area contributed by atoms with Gasteiger partial charge in [-0.05, 0) is 29.8 Å². The van der Waals surface area contributed by atoms with E-state index < -0.39 is 10.8 Å². The van der Waals surface area contributed by atoms with Crippen molar-refractivity contribution in [3.05, 3.63) is 69.8 Å². The Morgan fingerprint density at radius 2 is 1.88 bits per heavy atom. The lowest BCUT2D eigenvalue weighted by Crippen LogP contribution is -2.24. The minimum absolute atomic E-state index is 0.0122. The summed E-state index contributed by atoms with van der Waals surface area (Å²) in [5.74, 6) is -0.507. The van der Waals surface area contributed by atoms with Crippen LogP contribution in [0.3, 0.4) is 0 Å². The number of thioether (sulfide) groups is 1. The van der Waals surface area contributed by atoms with E-state index in [9.17, 15) is 19.7 Å². The lowest BCUT2D eigenvalue weighted by Gasteiger charge is -2.06. The third-order valence-corrected chi connectivity index (χ3v) is 4.13. The number of amides is 2. The SMILES string of the molecule is NC(=O)c1cccc(CNC(=O)CSc2ccc([N+](=O)[O-])cc2)c1. The molecule has 124 valence electrons. The number of nitro groups is 1. The Morgan fingerprint density at radius 1 is 1.17 bits per heavy atom. The topological polar surface area (TPSA) is 115 Å². The van der Waals surface area contributed by atoms with E-state index in [1.807, 2.05) is 0 Å². The first-order chi connectivity index (χ1) is 11.5. The van der Waals surface area contributed by atoms with Crippen LogP contribution in [0.4, 0.5) is 5.69 Å². The highest BCUT2D eigenvalue weighted by Gasteiger charge is 2.07. The highest BCUT2D eigenvalue weighted by atomic mass is 32.2. The Hall–Kier alpha value is -2.87. The first-order valence-electron chi connectivity index (χ1n) is 6.98. The van der Waals surface area contributed by atoms with Crippen LogP contribution in [0.15, 0.2) is 53.4 Å². The molecule has 0 unspecified atom stereocenters. The number of hydrogen-bond acceptors (Lipinski definition) is 5. The summed E-state index contributed by atoms with van der Waals surface area (Å²) in [6, 6.07) is 12.7. The quantitative estimate of drug-likeness (QED) is 0.453. The molecular formula is C16H15N3O4S. The molecule has 0 saturated heterocycles. The van der Waals surface area contributed by atoms with Crippen molar-refractivity contribution < 1.29 is 14.5 Å². The molecule has 0 heterocycles. The maximum Gasteiger partial charge on any atom is 0.269 e. The molecule has 0 bridgehead atoms. The van der Waals surface area contributed by atoms with E-state index in [1.165, 1.54) is 23.9 Å². The van der Waals surface area contributed by atoms with Gasteiger partial charge in [-0.2, -0.15) is 0 Å². The molecule has 8 heteroatoms. The summed E-state index contributed by atoms with van der Waals surface area (Å²) in [6.07, 6.45) is 0. The third kappa shape index (κ3) is 5.10. The molecule has 3 N–H and O–H groups in total. The van der Waals surface area contributed by atoms with E-state index in [0.717, 1.165) is 10.5 Å². The average Bonchev–Trinajstić information content (AvgIpc) is 2.58. The predicted octanol–water partition coefficient (Wildman–Crippen LogP) is 2.10. The van der Waals surface area contributed by atoms with Crippen LogP contribution in [0, 0.1) is 10.1 Å². The fraction of sp³-hybridized carbons (Fsp3) is 0.125. The Kier molecular flexibility index (Phi) is 5.91. The highest BCUT2D eigenvalue weighted by molar-refractivity contribution is 8.00. The number of non-ortho nitro benzene ring substituents is 1. The highest BCUT2D eigenvalue weighted by Crippen LogP contribution is 2.21. The number of primary amides is 1. The monoisotopic (exact) mass is 345 g/mol. The number of nitrogens with zero attached hydrogens (tertiary/aromatic N) is 1. The lowest BCUT2D eigenvalue weighted by atomic mass is 10.1. The second-order valence-electron chi connectivity index (χ2n) is 4.88. The summed E-state index contributed by atoms with van der Waals surface area (Å²) in [7, 11) is 0. The first-order valence-corrected chi connectivity index (χ1v) is 7.97. The number of rotatable bonds is 7. The van der Waals surface area contributed by atoms with Gasteiger partial charge in [-0.1, -0.05) is 12.1 Å². The molecule has 0 aliphatic carbocycles. The molecule has 2 rings (SSSR count). The van der Waals surface area contributed by atoms with E-state index >= 15 is 0 Å². The summed E-state index contributed by atoms with van der Waals surface area (Å²) in [6.45, 7) is 0.292. The Morgan fingerprint density at radius 3 is 2.50 bits per heavy atom. The fourth-order valence-corrected chi connectivity index (χ4v) is 2.63. The van der Waals surface area contributed by atoms with E-state index in [0.29, 0.717) is 12.1 Å². The van der Waals surface area contributed by atoms with Gasteiger partial charge in [-0.3, -0.25) is 19.7 Å². The summed E-state index contributed by atoms with van der Waals surface area (Å²) in [4.78, 5) is 33.8. The normalized spacial score (nSPS) is 10.2. The van der Waals surface area contributed by atoms with E-state index in [2.05, 4.69) is 5.32 Å². The van der Waals surface area contributed by atoms with Crippen molar-refractivity contribution in [2.45, 2.75) is 11.4 Å². The second kappa shape index (κ2) is 8.11. The second-order valence-corrected chi connectivity index (χ2v) is 5.93. The van der Waals surface area contributed by atoms with Gasteiger partial charge in [0.25, 0.3) is 5.69 Å². The number of nitro benzene ring substituents is 1. The number of carbonyl (C=O) groups excluding carboxylic acids is 2. The van der Waals surface area contributed by atoms with Crippen molar-refractivity contribution >= 4 is 29.3 Å². The van der Waals surface area contributed by atoms with Crippen molar-refractivity contribution in [2.75, 3.05) is 5.75 Å². The van der Waals surface area contributed by atoms with E-state index in [-0.39, 0.29) is 17.3 Å². The molecule has 0 saturated carbocycles. The summed E-state index contributed by atoms with van der Waals surface area (Å²) < 4.78 is 0. The zero-order chi connectivity index (χ0) is 17.5. The van der Waals surface area contributed by atoms with E-state index in [4.69, 9.17) is 5.73 Å². The molecule has 0 aliphatic rings. The summed E-state index contributed by atoms with van der Waals surface area (Å²) >= 11 is 1.28. The van der Waals surface area contributed by atoms with Crippen molar-refractivity contribution in [2.24, 2.45) is 5.73 Å². The molecule has 0 aromatic heterocycles. The molecule has 2 aromatic rings. The van der Waals surface area contributed by atoms with Crippen LogP contribution in [0.1, 0.15) is 15.9 Å². The number of benzene rings is 2. The summed E-state index contributed by atoms with van der Waals surface area (Å²) in [5, 5.41) is 13.3. The molecule has 24 heavy (non-hydrogen) atoms. The van der Waals surface area contributed by atoms with Gasteiger partial charge in [0, 0.05) is 29.1 Å². The minimum atomic E-state index is -0.517. The van der Waals surface area contributed by atoms with Gasteiger partial charge >= 0.3 is 0 Å². The van der Waals surface area contributed by atoms with Crippen LogP contribution < -0.4 is 11.1 Å². The van der Waals surface area contributed by atoms with Crippen LogP contribution in [0.25, 0.3) is 0 Å². The first kappa shape index (κ1) is 17.5. The predicted molar refractivity (Wildman–Crippen MR) is 90.6 cm³/mol. The number of carbonyl (C=O) groups is 2. The largest absolute Gasteiger partial charge is 0.366 e. The van der Waals surface area contributed by atoms with Crippen LogP contribution in [0.5, 0.6) is 0 Å². The van der Waals surface area contributed by atoms with Crippen LogP contribution >= 0.6 is 11.8 Å². The van der Waals surface area contributed by atoms with E-state index in [1.54, 1.807) is 36.4 Å². The molecule has 0 aliphatic heterocycles. The third-order valence-electron chi connectivity index (χ3n) is 3.12. The van der Waals surface area contributed by atoms with Gasteiger partial charge in [0.2, 0.25) is 11.8 Å². The minimum Gasteiger partial charge on any atom is -0.366 e. The fourth-order valence-electron chi connectivity index (χ4n) is 1.90. The Balaban J connectivity index is 1.82. The zero-order valence-electron chi connectivity index (χ0n) is 12.6. The smallest absolute Gasteiger partial charge is 0.269 e. The molecule has 0 atom stereocenters. The molecule has 2 aromatic carbocycles. The maximum absolute atomic E-state index is 11.9. The summed E-state index contributed by atoms with van der Waals surface area (Å²) in [5.41, 5.74) is 6.39. The lowest BCUT2D eigenvalue weighted by molar-refractivity contribution is -0.384. The molecule has 0 spiro atoms. The maximum atomic E-state index is 11.9. The van der Waals surface area contributed by atoms with Crippen molar-refractivity contribution in [3.63, 3.8) is 0 Å². The van der Waals surface area contributed by atoms with Crippen LogP contribution in [0.2, 0.25) is 0 Å². The number of nitrogens with two attached hydrogens (primary N) is 1. The zero-order valence-corrected chi connectivity index (χ0v) is 13.4. The number of hydrogen-bond donors (Lipinski definition) is 2. The van der Waals surface area contributed by atoms with Gasteiger partial charge in [-0.25, -0.2) is 0 Å². The molecule has 2 amide bonds. The Labute approximate surface area is 142 Å². The van der Waals surface area contributed by atoms with Gasteiger partial charge < -0.3 is 11.1 Å². The number of nitrogens with one attached hydrogen (secondary N) is 1. The average molecular weight is 345 g/mol. The van der Waals surface area contributed by atoms with Crippen molar-refractivity contribution in [3.8, 4) is 0 Å². The van der Waals surface area contributed by atoms with Gasteiger partial charge in [-0.15, -0.1) is 11.8 Å². The van der Waals surface area contributed by atoms with Crippen molar-refractivity contribution in [1.29, 1.82) is 0 Å². The van der Waals surface area contributed by atoms with Gasteiger partial charge in [0.05, 0.1) is 10.7 Å². The standard InChI is InChI=1S/C16H15N3O4S/c17-16(21)12-3-1-2-11(8-12)9-18-15(20)10-24-14-6-4-13(5-7-14)19(22)23/h1-8H,9-10H2,(H2,17,21)(H,18,20). The molecule has 0 fully saturated rings. The molecule has 0 radical (unpaired) electrons. The van der Waals surface area contributed by atoms with Crippen LogP contribution in [-0.4, -0.2) is 22.5 Å². The molecular weight excluding hydrogens is 330 g/mol. The van der Waals surface area contributed by atoms with Gasteiger partial charge in [0.15, 0.2) is 0 Å². The molecule has 7 nitrogen and oxygen atoms in total. The van der Waals surface area contributed by atoms with Gasteiger partial charge in [0.1, 0.15) is 0 Å².